The molecule has 1 N–H and O–H groups in total. The average Bonchev–Trinajstić information content (AvgIpc) is 2.29. The first-order chi connectivity index (χ1) is 8.16. The van der Waals surface area contributed by atoms with E-state index in [-0.39, 0.29) is 11.9 Å². The molecule has 1 unspecified atom stereocenters. The zero-order valence-electron chi connectivity index (χ0n) is 9.94. The summed E-state index contributed by atoms with van der Waals surface area (Å²) in [5.41, 5.74) is 2.56. The summed E-state index contributed by atoms with van der Waals surface area (Å²) < 4.78 is 13.6. The minimum atomic E-state index is -0.182. The van der Waals surface area contributed by atoms with Crippen molar-refractivity contribution in [2.45, 2.75) is 19.9 Å². The molecule has 3 heteroatoms. The number of rotatable bonds is 3. The Balaban J connectivity index is 2.17. The molecule has 0 radical (unpaired) electrons. The molecule has 0 bridgehead atoms. The standard InChI is InChI=1S/C14H15FN2/c1-10-9-12(7-8-16-10)17-11(2)13-5-3-4-6-14(13)15/h3-9,11H,1-2H3,(H,16,17). The third-order valence-corrected chi connectivity index (χ3v) is 2.65. The van der Waals surface area contributed by atoms with E-state index < -0.39 is 0 Å². The van der Waals surface area contributed by atoms with Crippen molar-refractivity contribution < 1.29 is 4.39 Å². The fourth-order valence-corrected chi connectivity index (χ4v) is 1.79. The minimum Gasteiger partial charge on any atom is -0.378 e. The number of nitrogens with zero attached hydrogens (tertiary/aromatic N) is 1. The third kappa shape index (κ3) is 2.81. The van der Waals surface area contributed by atoms with Crippen LogP contribution < -0.4 is 5.32 Å². The van der Waals surface area contributed by atoms with E-state index in [1.54, 1.807) is 18.3 Å². The number of aryl methyl sites for hydroxylation is 1. The maximum Gasteiger partial charge on any atom is 0.128 e. The number of hydrogen-bond donors (Lipinski definition) is 1. The highest BCUT2D eigenvalue weighted by molar-refractivity contribution is 5.45. The lowest BCUT2D eigenvalue weighted by Gasteiger charge is -2.16. The molecule has 0 aliphatic rings. The molecular formula is C14H15FN2. The van der Waals surface area contributed by atoms with Gasteiger partial charge in [0, 0.05) is 23.1 Å². The van der Waals surface area contributed by atoms with Gasteiger partial charge in [0.15, 0.2) is 0 Å². The normalized spacial score (nSPS) is 12.2. The molecule has 1 aromatic heterocycles. The van der Waals surface area contributed by atoms with E-state index in [0.29, 0.717) is 5.56 Å². The van der Waals surface area contributed by atoms with E-state index in [1.165, 1.54) is 6.07 Å². The first kappa shape index (κ1) is 11.6. The monoisotopic (exact) mass is 230 g/mol. The Morgan fingerprint density at radius 2 is 2.00 bits per heavy atom. The summed E-state index contributed by atoms with van der Waals surface area (Å²) >= 11 is 0. The van der Waals surface area contributed by atoms with Crippen LogP contribution in [-0.4, -0.2) is 4.98 Å². The Morgan fingerprint density at radius 1 is 1.24 bits per heavy atom. The van der Waals surface area contributed by atoms with Gasteiger partial charge in [-0.05, 0) is 32.0 Å². The molecule has 2 nitrogen and oxygen atoms in total. The molecule has 0 spiro atoms. The van der Waals surface area contributed by atoms with Crippen molar-refractivity contribution in [3.8, 4) is 0 Å². The van der Waals surface area contributed by atoms with Gasteiger partial charge in [-0.15, -0.1) is 0 Å². The van der Waals surface area contributed by atoms with Crippen molar-refractivity contribution in [3.05, 3.63) is 59.7 Å². The summed E-state index contributed by atoms with van der Waals surface area (Å²) in [7, 11) is 0. The van der Waals surface area contributed by atoms with Gasteiger partial charge in [-0.2, -0.15) is 0 Å². The molecule has 0 aliphatic carbocycles. The second kappa shape index (κ2) is 4.95. The van der Waals surface area contributed by atoms with Crippen molar-refractivity contribution in [1.82, 2.24) is 4.98 Å². The van der Waals surface area contributed by atoms with E-state index in [4.69, 9.17) is 0 Å². The number of anilines is 1. The van der Waals surface area contributed by atoms with E-state index in [1.807, 2.05) is 32.0 Å². The van der Waals surface area contributed by atoms with Crippen molar-refractivity contribution in [2.75, 3.05) is 5.32 Å². The number of halogens is 1. The highest BCUT2D eigenvalue weighted by Gasteiger charge is 2.09. The molecule has 2 aromatic rings. The summed E-state index contributed by atoms with van der Waals surface area (Å²) in [4.78, 5) is 4.12. The van der Waals surface area contributed by atoms with Gasteiger partial charge in [-0.25, -0.2) is 4.39 Å². The van der Waals surface area contributed by atoms with Crippen molar-refractivity contribution in [3.63, 3.8) is 0 Å². The third-order valence-electron chi connectivity index (χ3n) is 2.65. The van der Waals surface area contributed by atoms with Crippen LogP contribution in [0.3, 0.4) is 0 Å². The summed E-state index contributed by atoms with van der Waals surface area (Å²) in [6.45, 7) is 3.87. The topological polar surface area (TPSA) is 24.9 Å². The van der Waals surface area contributed by atoms with Crippen LogP contribution in [0.2, 0.25) is 0 Å². The van der Waals surface area contributed by atoms with Gasteiger partial charge < -0.3 is 5.32 Å². The fourth-order valence-electron chi connectivity index (χ4n) is 1.79. The van der Waals surface area contributed by atoms with Gasteiger partial charge in [-0.3, -0.25) is 4.98 Å². The van der Waals surface area contributed by atoms with Gasteiger partial charge in [0.25, 0.3) is 0 Å². The van der Waals surface area contributed by atoms with Crippen LogP contribution in [0, 0.1) is 12.7 Å². The summed E-state index contributed by atoms with van der Waals surface area (Å²) in [6, 6.07) is 10.6. The van der Waals surface area contributed by atoms with Crippen LogP contribution >= 0.6 is 0 Å². The van der Waals surface area contributed by atoms with Gasteiger partial charge in [0.1, 0.15) is 5.82 Å². The highest BCUT2D eigenvalue weighted by atomic mass is 19.1. The fraction of sp³-hybridized carbons (Fsp3) is 0.214. The molecule has 1 atom stereocenters. The zero-order chi connectivity index (χ0) is 12.3. The Kier molecular flexibility index (Phi) is 3.38. The molecule has 0 aliphatic heterocycles. The van der Waals surface area contributed by atoms with E-state index in [0.717, 1.165) is 11.4 Å². The molecule has 17 heavy (non-hydrogen) atoms. The lowest BCUT2D eigenvalue weighted by atomic mass is 10.1. The van der Waals surface area contributed by atoms with Crippen molar-refractivity contribution in [2.24, 2.45) is 0 Å². The number of benzene rings is 1. The first-order valence-corrected chi connectivity index (χ1v) is 5.60. The van der Waals surface area contributed by atoms with E-state index in [9.17, 15) is 4.39 Å². The molecule has 1 aromatic carbocycles. The maximum atomic E-state index is 13.6. The van der Waals surface area contributed by atoms with Crippen LogP contribution in [0.4, 0.5) is 10.1 Å². The average molecular weight is 230 g/mol. The van der Waals surface area contributed by atoms with Gasteiger partial charge in [0.2, 0.25) is 0 Å². The molecule has 1 heterocycles. The minimum absolute atomic E-state index is 0.0713. The molecule has 0 saturated heterocycles. The lowest BCUT2D eigenvalue weighted by Crippen LogP contribution is -2.08. The quantitative estimate of drug-likeness (QED) is 0.869. The van der Waals surface area contributed by atoms with Gasteiger partial charge >= 0.3 is 0 Å². The van der Waals surface area contributed by atoms with Crippen LogP contribution in [0.1, 0.15) is 24.2 Å². The van der Waals surface area contributed by atoms with Gasteiger partial charge in [-0.1, -0.05) is 18.2 Å². The number of aromatic nitrogens is 1. The summed E-state index contributed by atoms with van der Waals surface area (Å²) in [5.74, 6) is -0.182. The zero-order valence-corrected chi connectivity index (χ0v) is 9.94. The predicted octanol–water partition coefficient (Wildman–Crippen LogP) is 3.70. The smallest absolute Gasteiger partial charge is 0.128 e. The lowest BCUT2D eigenvalue weighted by molar-refractivity contribution is 0.600. The number of pyridine rings is 1. The number of hydrogen-bond acceptors (Lipinski definition) is 2. The molecular weight excluding hydrogens is 215 g/mol. The second-order valence-electron chi connectivity index (χ2n) is 4.07. The first-order valence-electron chi connectivity index (χ1n) is 5.60. The Hall–Kier alpha value is -1.90. The van der Waals surface area contributed by atoms with Gasteiger partial charge in [0.05, 0.1) is 6.04 Å². The number of nitrogens with one attached hydrogen (secondary N) is 1. The Bertz CT molecular complexity index is 511. The van der Waals surface area contributed by atoms with Crippen LogP contribution in [0.5, 0.6) is 0 Å². The van der Waals surface area contributed by atoms with Crippen molar-refractivity contribution >= 4 is 5.69 Å². The predicted molar refractivity (Wildman–Crippen MR) is 67.4 cm³/mol. The van der Waals surface area contributed by atoms with E-state index in [2.05, 4.69) is 10.3 Å². The Morgan fingerprint density at radius 3 is 2.71 bits per heavy atom. The van der Waals surface area contributed by atoms with Crippen LogP contribution in [0.15, 0.2) is 42.6 Å². The molecule has 2 rings (SSSR count). The molecule has 0 amide bonds. The van der Waals surface area contributed by atoms with Crippen molar-refractivity contribution in [1.29, 1.82) is 0 Å². The molecule has 0 saturated carbocycles. The van der Waals surface area contributed by atoms with E-state index >= 15 is 0 Å². The highest BCUT2D eigenvalue weighted by Crippen LogP contribution is 2.21. The van der Waals surface area contributed by atoms with Crippen LogP contribution in [-0.2, 0) is 0 Å². The SMILES string of the molecule is Cc1cc(NC(C)c2ccccc2F)ccn1. The summed E-state index contributed by atoms with van der Waals surface area (Å²) in [6.07, 6.45) is 1.74. The summed E-state index contributed by atoms with van der Waals surface area (Å²) in [5, 5.41) is 3.26. The molecule has 88 valence electrons. The Labute approximate surface area is 101 Å². The second-order valence-corrected chi connectivity index (χ2v) is 4.07. The maximum absolute atomic E-state index is 13.6. The molecule has 0 fully saturated rings. The largest absolute Gasteiger partial charge is 0.378 e. The van der Waals surface area contributed by atoms with Crippen LogP contribution in [0.25, 0.3) is 0 Å².